The summed E-state index contributed by atoms with van der Waals surface area (Å²) in [5.41, 5.74) is 0. The normalized spacial score (nSPS) is 32.5. The van der Waals surface area contributed by atoms with Crippen molar-refractivity contribution in [2.75, 3.05) is 25.4 Å². The van der Waals surface area contributed by atoms with Gasteiger partial charge in [-0.05, 0) is 44.0 Å². The Kier molecular flexibility index (Phi) is 5.19. The van der Waals surface area contributed by atoms with Crippen LogP contribution in [0.25, 0.3) is 0 Å². The highest BCUT2D eigenvalue weighted by Gasteiger charge is 2.28. The lowest BCUT2D eigenvalue weighted by atomic mass is 10.0. The SMILES string of the molecule is CC(C)C(CNC1CCSC1C)N1CCCC1. The number of nitrogens with zero attached hydrogens (tertiary/aromatic N) is 1. The van der Waals surface area contributed by atoms with Crippen molar-refractivity contribution in [2.45, 2.75) is 57.4 Å². The van der Waals surface area contributed by atoms with Crippen molar-refractivity contribution in [2.24, 2.45) is 5.92 Å². The highest BCUT2D eigenvalue weighted by molar-refractivity contribution is 8.00. The van der Waals surface area contributed by atoms with E-state index in [1.807, 2.05) is 0 Å². The van der Waals surface area contributed by atoms with Gasteiger partial charge in [-0.25, -0.2) is 0 Å². The summed E-state index contributed by atoms with van der Waals surface area (Å²) in [5.74, 6) is 2.11. The van der Waals surface area contributed by atoms with Gasteiger partial charge in [0.15, 0.2) is 0 Å². The Bertz CT molecular complexity index is 226. The number of rotatable bonds is 5. The van der Waals surface area contributed by atoms with E-state index in [2.05, 4.69) is 42.7 Å². The Balaban J connectivity index is 1.80. The molecule has 0 spiro atoms. The first-order chi connectivity index (χ1) is 8.18. The monoisotopic (exact) mass is 256 g/mol. The van der Waals surface area contributed by atoms with Crippen LogP contribution in [0.5, 0.6) is 0 Å². The molecule has 2 rings (SSSR count). The molecule has 2 aliphatic heterocycles. The van der Waals surface area contributed by atoms with Crippen LogP contribution in [0, 0.1) is 5.92 Å². The molecule has 0 bridgehead atoms. The van der Waals surface area contributed by atoms with Gasteiger partial charge in [0.05, 0.1) is 0 Å². The molecule has 0 aromatic carbocycles. The van der Waals surface area contributed by atoms with Gasteiger partial charge in [-0.2, -0.15) is 11.8 Å². The van der Waals surface area contributed by atoms with E-state index >= 15 is 0 Å². The molecule has 0 amide bonds. The summed E-state index contributed by atoms with van der Waals surface area (Å²) in [6.07, 6.45) is 4.16. The lowest BCUT2D eigenvalue weighted by Crippen LogP contribution is -2.47. The molecule has 3 heteroatoms. The molecule has 0 saturated carbocycles. The van der Waals surface area contributed by atoms with Crippen molar-refractivity contribution in [3.63, 3.8) is 0 Å². The molecule has 100 valence electrons. The van der Waals surface area contributed by atoms with E-state index in [0.717, 1.165) is 23.3 Å². The van der Waals surface area contributed by atoms with Crippen LogP contribution in [0.2, 0.25) is 0 Å². The number of hydrogen-bond donors (Lipinski definition) is 1. The maximum atomic E-state index is 3.83. The van der Waals surface area contributed by atoms with Gasteiger partial charge in [0, 0.05) is 23.9 Å². The largest absolute Gasteiger partial charge is 0.311 e. The molecule has 2 fully saturated rings. The quantitative estimate of drug-likeness (QED) is 0.814. The third-order valence-electron chi connectivity index (χ3n) is 4.34. The van der Waals surface area contributed by atoms with E-state index in [0.29, 0.717) is 0 Å². The molecule has 0 aromatic rings. The summed E-state index contributed by atoms with van der Waals surface area (Å²) in [6, 6.07) is 1.50. The predicted octanol–water partition coefficient (Wildman–Crippen LogP) is 2.59. The molecule has 0 aromatic heterocycles. The Morgan fingerprint density at radius 3 is 2.53 bits per heavy atom. The molecule has 3 unspecified atom stereocenters. The smallest absolute Gasteiger partial charge is 0.0243 e. The second-order valence-corrected chi connectivity index (χ2v) is 7.42. The zero-order valence-corrected chi connectivity index (χ0v) is 12.4. The van der Waals surface area contributed by atoms with Crippen molar-refractivity contribution in [3.8, 4) is 0 Å². The molecular formula is C14H28N2S. The maximum Gasteiger partial charge on any atom is 0.0243 e. The van der Waals surface area contributed by atoms with Gasteiger partial charge in [0.25, 0.3) is 0 Å². The third-order valence-corrected chi connectivity index (χ3v) is 5.67. The van der Waals surface area contributed by atoms with Crippen LogP contribution >= 0.6 is 11.8 Å². The summed E-state index contributed by atoms with van der Waals surface area (Å²) in [7, 11) is 0. The molecule has 2 heterocycles. The fourth-order valence-corrected chi connectivity index (χ4v) is 4.36. The number of thioether (sulfide) groups is 1. The van der Waals surface area contributed by atoms with Gasteiger partial charge in [-0.15, -0.1) is 0 Å². The summed E-state index contributed by atoms with van der Waals surface area (Å²) >= 11 is 2.12. The average molecular weight is 256 g/mol. The molecule has 2 nitrogen and oxygen atoms in total. The number of nitrogens with one attached hydrogen (secondary N) is 1. The lowest BCUT2D eigenvalue weighted by molar-refractivity contribution is 0.182. The first-order valence-corrected chi connectivity index (χ1v) is 8.32. The van der Waals surface area contributed by atoms with E-state index in [9.17, 15) is 0 Å². The van der Waals surface area contributed by atoms with Crippen molar-refractivity contribution >= 4 is 11.8 Å². The standard InChI is InChI=1S/C14H28N2S/c1-11(2)14(16-7-4-5-8-16)10-15-13-6-9-17-12(13)3/h11-15H,4-10H2,1-3H3. The molecule has 0 radical (unpaired) electrons. The van der Waals surface area contributed by atoms with Crippen LogP contribution in [0.1, 0.15) is 40.0 Å². The van der Waals surface area contributed by atoms with Crippen molar-refractivity contribution < 1.29 is 0 Å². The van der Waals surface area contributed by atoms with E-state index in [1.54, 1.807) is 0 Å². The zero-order chi connectivity index (χ0) is 12.3. The predicted molar refractivity (Wildman–Crippen MR) is 77.8 cm³/mol. The summed E-state index contributed by atoms with van der Waals surface area (Å²) in [4.78, 5) is 2.70. The molecule has 2 saturated heterocycles. The molecule has 17 heavy (non-hydrogen) atoms. The van der Waals surface area contributed by atoms with E-state index < -0.39 is 0 Å². The molecule has 1 N–H and O–H groups in total. The fourth-order valence-electron chi connectivity index (χ4n) is 3.13. The average Bonchev–Trinajstić information content (AvgIpc) is 2.91. The lowest BCUT2D eigenvalue weighted by Gasteiger charge is -2.32. The van der Waals surface area contributed by atoms with Gasteiger partial charge in [0.1, 0.15) is 0 Å². The Morgan fingerprint density at radius 2 is 2.00 bits per heavy atom. The highest BCUT2D eigenvalue weighted by atomic mass is 32.2. The Hall–Kier alpha value is 0.270. The number of likely N-dealkylation sites (tertiary alicyclic amines) is 1. The summed E-state index contributed by atoms with van der Waals surface area (Å²) < 4.78 is 0. The minimum Gasteiger partial charge on any atom is -0.311 e. The first kappa shape index (κ1) is 13.7. The van der Waals surface area contributed by atoms with E-state index in [4.69, 9.17) is 0 Å². The maximum absolute atomic E-state index is 3.83. The molecular weight excluding hydrogens is 228 g/mol. The second kappa shape index (κ2) is 6.44. The number of hydrogen-bond acceptors (Lipinski definition) is 3. The minimum absolute atomic E-state index is 0.746. The fraction of sp³-hybridized carbons (Fsp3) is 1.00. The van der Waals surface area contributed by atoms with Crippen LogP contribution in [0.3, 0.4) is 0 Å². The second-order valence-electron chi connectivity index (χ2n) is 5.93. The zero-order valence-electron chi connectivity index (χ0n) is 11.6. The van der Waals surface area contributed by atoms with E-state index in [-0.39, 0.29) is 0 Å². The molecule has 0 aliphatic carbocycles. The van der Waals surface area contributed by atoms with Crippen LogP contribution in [0.15, 0.2) is 0 Å². The van der Waals surface area contributed by atoms with Gasteiger partial charge in [-0.3, -0.25) is 4.90 Å². The van der Waals surface area contributed by atoms with Crippen LogP contribution in [-0.2, 0) is 0 Å². The van der Waals surface area contributed by atoms with Gasteiger partial charge < -0.3 is 5.32 Å². The van der Waals surface area contributed by atoms with Crippen molar-refractivity contribution in [1.82, 2.24) is 10.2 Å². The van der Waals surface area contributed by atoms with E-state index in [1.165, 1.54) is 44.6 Å². The van der Waals surface area contributed by atoms with Gasteiger partial charge in [-0.1, -0.05) is 20.8 Å². The highest BCUT2D eigenvalue weighted by Crippen LogP contribution is 2.26. The molecule has 2 aliphatic rings. The van der Waals surface area contributed by atoms with Crippen molar-refractivity contribution in [1.29, 1.82) is 0 Å². The summed E-state index contributed by atoms with van der Waals surface area (Å²) in [6.45, 7) is 10.9. The third kappa shape index (κ3) is 3.62. The van der Waals surface area contributed by atoms with Crippen LogP contribution < -0.4 is 5.32 Å². The van der Waals surface area contributed by atoms with Crippen LogP contribution in [-0.4, -0.2) is 47.6 Å². The van der Waals surface area contributed by atoms with Gasteiger partial charge in [0.2, 0.25) is 0 Å². The van der Waals surface area contributed by atoms with Crippen molar-refractivity contribution in [3.05, 3.63) is 0 Å². The minimum atomic E-state index is 0.746. The molecule has 3 atom stereocenters. The summed E-state index contributed by atoms with van der Waals surface area (Å²) in [5, 5.41) is 4.63. The first-order valence-electron chi connectivity index (χ1n) is 7.27. The Morgan fingerprint density at radius 1 is 1.29 bits per heavy atom. The van der Waals surface area contributed by atoms with Crippen LogP contribution in [0.4, 0.5) is 0 Å². The van der Waals surface area contributed by atoms with Gasteiger partial charge >= 0.3 is 0 Å². The Labute approximate surface area is 111 Å². The topological polar surface area (TPSA) is 15.3 Å².